The summed E-state index contributed by atoms with van der Waals surface area (Å²) in [6.07, 6.45) is 5.65. The van der Waals surface area contributed by atoms with E-state index in [2.05, 4.69) is 16.0 Å². The maximum absolute atomic E-state index is 3.35. The minimum absolute atomic E-state index is 1.00. The van der Waals surface area contributed by atoms with Crippen LogP contribution in [0.4, 0.5) is 0 Å². The molecule has 0 radical (unpaired) electrons. The smallest absolute Gasteiger partial charge is 0.0455 e. The van der Waals surface area contributed by atoms with Gasteiger partial charge in [0.05, 0.1) is 0 Å². The molecule has 0 atom stereocenters. The zero-order valence-electron chi connectivity index (χ0n) is 7.86. The van der Waals surface area contributed by atoms with E-state index < -0.39 is 0 Å². The molecule has 0 aromatic carbocycles. The lowest BCUT2D eigenvalue weighted by Crippen LogP contribution is -2.12. The van der Waals surface area contributed by atoms with Crippen molar-refractivity contribution < 1.29 is 0 Å². The van der Waals surface area contributed by atoms with Crippen LogP contribution in [-0.4, -0.2) is 32.8 Å². The SMILES string of the molecule is C1CCCNCC1.C1CNCN1. The van der Waals surface area contributed by atoms with Gasteiger partial charge in [0.1, 0.15) is 0 Å². The van der Waals surface area contributed by atoms with E-state index in [1.165, 1.54) is 38.8 Å². The second-order valence-corrected chi connectivity index (χ2v) is 3.34. The molecule has 0 unspecified atom stereocenters. The Balaban J connectivity index is 0.000000127. The molecule has 0 aromatic heterocycles. The molecule has 3 heteroatoms. The van der Waals surface area contributed by atoms with Crippen molar-refractivity contribution in [2.45, 2.75) is 25.7 Å². The molecule has 2 heterocycles. The number of hydrogen-bond acceptors (Lipinski definition) is 3. The Morgan fingerprint density at radius 1 is 0.500 bits per heavy atom. The highest BCUT2D eigenvalue weighted by molar-refractivity contribution is 4.55. The molecule has 3 nitrogen and oxygen atoms in total. The number of nitrogens with one attached hydrogen (secondary N) is 3. The van der Waals surface area contributed by atoms with Crippen molar-refractivity contribution in [3.05, 3.63) is 0 Å². The van der Waals surface area contributed by atoms with Crippen LogP contribution in [0.3, 0.4) is 0 Å². The first-order chi connectivity index (χ1) is 6.00. The Bertz CT molecular complexity index is 64.5. The van der Waals surface area contributed by atoms with Gasteiger partial charge in [0.25, 0.3) is 0 Å². The first kappa shape index (κ1) is 9.96. The lowest BCUT2D eigenvalue weighted by atomic mass is 10.2. The molecule has 0 aromatic rings. The molecular weight excluding hydrogens is 150 g/mol. The van der Waals surface area contributed by atoms with E-state index in [0.717, 1.165) is 19.8 Å². The fourth-order valence-corrected chi connectivity index (χ4v) is 1.42. The van der Waals surface area contributed by atoms with Crippen molar-refractivity contribution in [2.75, 3.05) is 32.8 Å². The summed E-state index contributed by atoms with van der Waals surface area (Å²) in [4.78, 5) is 0. The van der Waals surface area contributed by atoms with E-state index in [0.29, 0.717) is 0 Å². The molecule has 0 spiro atoms. The summed E-state index contributed by atoms with van der Waals surface area (Å²) >= 11 is 0. The van der Waals surface area contributed by atoms with Gasteiger partial charge in [-0.15, -0.1) is 0 Å². The minimum atomic E-state index is 1.00. The molecule has 2 aliphatic rings. The van der Waals surface area contributed by atoms with E-state index in [-0.39, 0.29) is 0 Å². The highest BCUT2D eigenvalue weighted by Crippen LogP contribution is 2.00. The molecule has 72 valence electrons. The Hall–Kier alpha value is -0.120. The summed E-state index contributed by atoms with van der Waals surface area (Å²) in [5.41, 5.74) is 0. The zero-order chi connectivity index (χ0) is 8.49. The van der Waals surface area contributed by atoms with Crippen molar-refractivity contribution in [1.82, 2.24) is 16.0 Å². The molecule has 2 aliphatic heterocycles. The Kier molecular flexibility index (Phi) is 6.25. The summed E-state index contributed by atoms with van der Waals surface area (Å²) in [5.74, 6) is 0. The fraction of sp³-hybridized carbons (Fsp3) is 1.00. The van der Waals surface area contributed by atoms with Crippen LogP contribution in [-0.2, 0) is 0 Å². The molecule has 0 bridgehead atoms. The van der Waals surface area contributed by atoms with Crippen LogP contribution >= 0.6 is 0 Å². The van der Waals surface area contributed by atoms with E-state index in [9.17, 15) is 0 Å². The van der Waals surface area contributed by atoms with Crippen LogP contribution in [0.1, 0.15) is 25.7 Å². The first-order valence-corrected chi connectivity index (χ1v) is 5.12. The molecule has 3 N–H and O–H groups in total. The van der Waals surface area contributed by atoms with Gasteiger partial charge in [-0.05, 0) is 25.9 Å². The van der Waals surface area contributed by atoms with Gasteiger partial charge in [0.15, 0.2) is 0 Å². The number of rotatable bonds is 0. The van der Waals surface area contributed by atoms with Crippen LogP contribution in [0.25, 0.3) is 0 Å². The highest BCUT2D eigenvalue weighted by atomic mass is 15.1. The van der Waals surface area contributed by atoms with Crippen LogP contribution in [0, 0.1) is 0 Å². The van der Waals surface area contributed by atoms with E-state index in [4.69, 9.17) is 0 Å². The Labute approximate surface area is 75.3 Å². The van der Waals surface area contributed by atoms with Gasteiger partial charge in [-0.1, -0.05) is 12.8 Å². The maximum Gasteiger partial charge on any atom is 0.0455 e. The van der Waals surface area contributed by atoms with Gasteiger partial charge in [-0.25, -0.2) is 0 Å². The molecule has 0 aliphatic carbocycles. The fourth-order valence-electron chi connectivity index (χ4n) is 1.42. The maximum atomic E-state index is 3.35. The second kappa shape index (κ2) is 7.53. The monoisotopic (exact) mass is 171 g/mol. The second-order valence-electron chi connectivity index (χ2n) is 3.34. The van der Waals surface area contributed by atoms with Gasteiger partial charge in [-0.2, -0.15) is 0 Å². The van der Waals surface area contributed by atoms with Crippen molar-refractivity contribution in [3.8, 4) is 0 Å². The third-order valence-corrected chi connectivity index (χ3v) is 2.19. The van der Waals surface area contributed by atoms with Gasteiger partial charge in [0.2, 0.25) is 0 Å². The minimum Gasteiger partial charge on any atom is -0.317 e. The van der Waals surface area contributed by atoms with Crippen LogP contribution in [0.15, 0.2) is 0 Å². The molecular formula is C9H21N3. The third-order valence-electron chi connectivity index (χ3n) is 2.19. The Morgan fingerprint density at radius 3 is 1.50 bits per heavy atom. The zero-order valence-corrected chi connectivity index (χ0v) is 7.86. The quantitative estimate of drug-likeness (QED) is 0.490. The van der Waals surface area contributed by atoms with E-state index in [1.807, 2.05) is 0 Å². The predicted octanol–water partition coefficient (Wildman–Crippen LogP) is 0.287. The average molecular weight is 171 g/mol. The molecule has 0 amide bonds. The molecule has 2 fully saturated rings. The van der Waals surface area contributed by atoms with Crippen molar-refractivity contribution >= 4 is 0 Å². The van der Waals surface area contributed by atoms with Crippen molar-refractivity contribution in [3.63, 3.8) is 0 Å². The van der Waals surface area contributed by atoms with Gasteiger partial charge in [0, 0.05) is 19.8 Å². The summed E-state index contributed by atoms with van der Waals surface area (Å²) in [7, 11) is 0. The molecule has 0 saturated carbocycles. The third kappa shape index (κ3) is 5.52. The first-order valence-electron chi connectivity index (χ1n) is 5.12. The van der Waals surface area contributed by atoms with Crippen LogP contribution in [0.5, 0.6) is 0 Å². The summed E-state index contributed by atoms with van der Waals surface area (Å²) < 4.78 is 0. The average Bonchev–Trinajstić information content (AvgIpc) is 2.54. The van der Waals surface area contributed by atoms with Crippen molar-refractivity contribution in [2.24, 2.45) is 0 Å². The van der Waals surface area contributed by atoms with E-state index >= 15 is 0 Å². The Morgan fingerprint density at radius 2 is 1.08 bits per heavy atom. The topological polar surface area (TPSA) is 36.1 Å². The van der Waals surface area contributed by atoms with Gasteiger partial charge < -0.3 is 16.0 Å². The predicted molar refractivity (Wildman–Crippen MR) is 52.2 cm³/mol. The summed E-state index contributed by atoms with van der Waals surface area (Å²) in [6, 6.07) is 0. The van der Waals surface area contributed by atoms with Crippen molar-refractivity contribution in [1.29, 1.82) is 0 Å². The normalized spacial score (nSPS) is 24.0. The summed E-state index contributed by atoms with van der Waals surface area (Å²) in [6.45, 7) is 5.78. The molecule has 2 saturated heterocycles. The largest absolute Gasteiger partial charge is 0.317 e. The molecule has 2 rings (SSSR count). The van der Waals surface area contributed by atoms with Gasteiger partial charge in [-0.3, -0.25) is 0 Å². The van der Waals surface area contributed by atoms with Crippen LogP contribution < -0.4 is 16.0 Å². The number of hydrogen-bond donors (Lipinski definition) is 3. The highest BCUT2D eigenvalue weighted by Gasteiger charge is 1.94. The standard InChI is InChI=1S/C6H13N.C3H8N2/c1-2-4-6-7-5-3-1;1-2-5-3-4-1/h7H,1-6H2;4-5H,1-3H2. The molecule has 12 heavy (non-hydrogen) atoms. The van der Waals surface area contributed by atoms with E-state index in [1.54, 1.807) is 0 Å². The summed E-state index contributed by atoms with van der Waals surface area (Å²) in [5, 5.41) is 9.57. The lowest BCUT2D eigenvalue weighted by molar-refractivity contribution is 0.702. The lowest BCUT2D eigenvalue weighted by Gasteiger charge is -1.91. The van der Waals surface area contributed by atoms with Crippen LogP contribution in [0.2, 0.25) is 0 Å². The van der Waals surface area contributed by atoms with Gasteiger partial charge >= 0.3 is 0 Å².